The second-order valence-corrected chi connectivity index (χ2v) is 3.26. The van der Waals surface area contributed by atoms with Gasteiger partial charge in [0.25, 0.3) is 6.43 Å². The Labute approximate surface area is 87.4 Å². The minimum Gasteiger partial charge on any atom is -0.462 e. The zero-order valence-electron chi connectivity index (χ0n) is 8.85. The van der Waals surface area contributed by atoms with E-state index in [0.29, 0.717) is 12.3 Å². The van der Waals surface area contributed by atoms with E-state index < -0.39 is 13.0 Å². The molecule has 0 aromatic carbocycles. The van der Waals surface area contributed by atoms with Gasteiger partial charge in [-0.2, -0.15) is 0 Å². The van der Waals surface area contributed by atoms with Crippen molar-refractivity contribution in [2.24, 2.45) is 0 Å². The number of aryl methyl sites for hydroxylation is 1. The molecule has 86 valence electrons. The van der Waals surface area contributed by atoms with E-state index in [-0.39, 0.29) is 6.61 Å². The van der Waals surface area contributed by atoms with Gasteiger partial charge in [-0.25, -0.2) is 8.78 Å². The SMILES string of the molecule is CNCc1oc(COCC(F)F)cc1C. The van der Waals surface area contributed by atoms with Crippen molar-refractivity contribution in [2.45, 2.75) is 26.5 Å². The molecule has 5 heteroatoms. The molecule has 0 aliphatic heterocycles. The standard InChI is InChI=1S/C10H15F2NO2/c1-7-3-8(5-14-6-10(11)12)15-9(7)4-13-2/h3,10,13H,4-6H2,1-2H3. The van der Waals surface area contributed by atoms with Gasteiger partial charge in [0.05, 0.1) is 6.54 Å². The number of hydrogen-bond acceptors (Lipinski definition) is 3. The summed E-state index contributed by atoms with van der Waals surface area (Å²) in [5, 5.41) is 2.96. The molecule has 0 aliphatic carbocycles. The molecular weight excluding hydrogens is 204 g/mol. The second-order valence-electron chi connectivity index (χ2n) is 3.26. The Balaban J connectivity index is 2.44. The molecule has 0 aliphatic rings. The van der Waals surface area contributed by atoms with E-state index in [1.54, 1.807) is 6.07 Å². The molecule has 0 fully saturated rings. The molecule has 0 spiro atoms. The summed E-state index contributed by atoms with van der Waals surface area (Å²) in [6.45, 7) is 2.07. The number of nitrogens with one attached hydrogen (secondary N) is 1. The van der Waals surface area contributed by atoms with Crippen LogP contribution in [0.3, 0.4) is 0 Å². The molecule has 0 saturated heterocycles. The van der Waals surface area contributed by atoms with Gasteiger partial charge in [0, 0.05) is 0 Å². The van der Waals surface area contributed by atoms with E-state index in [1.165, 1.54) is 0 Å². The lowest BCUT2D eigenvalue weighted by Crippen LogP contribution is -2.05. The first-order valence-corrected chi connectivity index (χ1v) is 4.72. The van der Waals surface area contributed by atoms with Crippen LogP contribution in [0.25, 0.3) is 0 Å². The fraction of sp³-hybridized carbons (Fsp3) is 0.600. The minimum absolute atomic E-state index is 0.0922. The Morgan fingerprint density at radius 2 is 2.27 bits per heavy atom. The largest absolute Gasteiger partial charge is 0.462 e. The summed E-state index contributed by atoms with van der Waals surface area (Å²) in [5.74, 6) is 1.39. The van der Waals surface area contributed by atoms with Gasteiger partial charge in [0.15, 0.2) is 0 Å². The number of hydrogen-bond donors (Lipinski definition) is 1. The van der Waals surface area contributed by atoms with Crippen LogP contribution in [0.2, 0.25) is 0 Å². The highest BCUT2D eigenvalue weighted by Gasteiger charge is 2.08. The first-order valence-electron chi connectivity index (χ1n) is 4.72. The molecule has 15 heavy (non-hydrogen) atoms. The Hall–Kier alpha value is -0.940. The average Bonchev–Trinajstić information content (AvgIpc) is 2.47. The fourth-order valence-corrected chi connectivity index (χ4v) is 1.25. The van der Waals surface area contributed by atoms with Gasteiger partial charge in [-0.15, -0.1) is 0 Å². The smallest absolute Gasteiger partial charge is 0.261 e. The molecule has 0 saturated carbocycles. The summed E-state index contributed by atoms with van der Waals surface area (Å²) in [7, 11) is 1.81. The van der Waals surface area contributed by atoms with Gasteiger partial charge in [-0.1, -0.05) is 0 Å². The number of halogens is 2. The molecule has 0 amide bonds. The Bertz CT molecular complexity index is 300. The monoisotopic (exact) mass is 219 g/mol. The van der Waals surface area contributed by atoms with Crippen LogP contribution >= 0.6 is 0 Å². The Morgan fingerprint density at radius 3 is 2.87 bits per heavy atom. The Morgan fingerprint density at radius 1 is 1.53 bits per heavy atom. The van der Waals surface area contributed by atoms with Gasteiger partial charge >= 0.3 is 0 Å². The van der Waals surface area contributed by atoms with Crippen molar-refractivity contribution >= 4 is 0 Å². The molecule has 1 aromatic rings. The van der Waals surface area contributed by atoms with Crippen LogP contribution in [-0.2, 0) is 17.9 Å². The van der Waals surface area contributed by atoms with Crippen LogP contribution in [0.4, 0.5) is 8.78 Å². The van der Waals surface area contributed by atoms with E-state index in [2.05, 4.69) is 5.32 Å². The van der Waals surface area contributed by atoms with Gasteiger partial charge < -0.3 is 14.5 Å². The van der Waals surface area contributed by atoms with E-state index in [9.17, 15) is 8.78 Å². The topological polar surface area (TPSA) is 34.4 Å². The minimum atomic E-state index is -2.43. The summed E-state index contributed by atoms with van der Waals surface area (Å²) >= 11 is 0. The second kappa shape index (κ2) is 5.82. The third-order valence-corrected chi connectivity index (χ3v) is 1.90. The van der Waals surface area contributed by atoms with Crippen molar-refractivity contribution in [3.8, 4) is 0 Å². The van der Waals surface area contributed by atoms with Crippen LogP contribution in [0.1, 0.15) is 17.1 Å². The molecule has 0 bridgehead atoms. The summed E-state index contributed by atoms with van der Waals surface area (Å²) in [4.78, 5) is 0. The van der Waals surface area contributed by atoms with Crippen LogP contribution < -0.4 is 5.32 Å². The maximum Gasteiger partial charge on any atom is 0.261 e. The van der Waals surface area contributed by atoms with Crippen molar-refractivity contribution in [1.82, 2.24) is 5.32 Å². The number of alkyl halides is 2. The lowest BCUT2D eigenvalue weighted by Gasteiger charge is -2.00. The summed E-state index contributed by atoms with van der Waals surface area (Å²) < 4.78 is 33.7. The first-order chi connectivity index (χ1) is 7.13. The fourth-order valence-electron chi connectivity index (χ4n) is 1.25. The Kier molecular flexibility index (Phi) is 4.71. The van der Waals surface area contributed by atoms with E-state index in [4.69, 9.17) is 9.15 Å². The molecular formula is C10H15F2NO2. The highest BCUT2D eigenvalue weighted by Crippen LogP contribution is 2.15. The van der Waals surface area contributed by atoms with Crippen molar-refractivity contribution in [3.05, 3.63) is 23.2 Å². The number of rotatable bonds is 6. The van der Waals surface area contributed by atoms with Crippen LogP contribution in [-0.4, -0.2) is 20.1 Å². The average molecular weight is 219 g/mol. The lowest BCUT2D eigenvalue weighted by atomic mass is 10.2. The number of ether oxygens (including phenoxy) is 1. The highest BCUT2D eigenvalue weighted by molar-refractivity contribution is 5.19. The van der Waals surface area contributed by atoms with Gasteiger partial charge in [-0.05, 0) is 25.6 Å². The van der Waals surface area contributed by atoms with Crippen LogP contribution in [0, 0.1) is 6.92 Å². The predicted molar refractivity (Wildman–Crippen MR) is 51.9 cm³/mol. The maximum absolute atomic E-state index is 11.8. The predicted octanol–water partition coefficient (Wildman–Crippen LogP) is 2.09. The van der Waals surface area contributed by atoms with E-state index in [0.717, 1.165) is 11.3 Å². The highest BCUT2D eigenvalue weighted by atomic mass is 19.3. The maximum atomic E-state index is 11.8. The van der Waals surface area contributed by atoms with Crippen molar-refractivity contribution < 1.29 is 17.9 Å². The molecule has 1 rings (SSSR count). The lowest BCUT2D eigenvalue weighted by molar-refractivity contribution is 0.00427. The molecule has 0 atom stereocenters. The van der Waals surface area contributed by atoms with E-state index >= 15 is 0 Å². The van der Waals surface area contributed by atoms with Crippen molar-refractivity contribution in [2.75, 3.05) is 13.7 Å². The van der Waals surface area contributed by atoms with Crippen molar-refractivity contribution in [1.29, 1.82) is 0 Å². The zero-order valence-corrected chi connectivity index (χ0v) is 8.85. The number of furan rings is 1. The summed E-state index contributed by atoms with van der Waals surface area (Å²) in [5.41, 5.74) is 1.000. The third-order valence-electron chi connectivity index (χ3n) is 1.90. The van der Waals surface area contributed by atoms with E-state index in [1.807, 2.05) is 14.0 Å². The third kappa shape index (κ3) is 3.97. The summed E-state index contributed by atoms with van der Waals surface area (Å²) in [6.07, 6.45) is -2.43. The molecule has 0 radical (unpaired) electrons. The van der Waals surface area contributed by atoms with Crippen LogP contribution in [0.5, 0.6) is 0 Å². The molecule has 3 nitrogen and oxygen atoms in total. The normalized spacial score (nSPS) is 11.3. The van der Waals surface area contributed by atoms with Gasteiger partial charge in [-0.3, -0.25) is 0 Å². The molecule has 1 aromatic heterocycles. The van der Waals surface area contributed by atoms with Gasteiger partial charge in [0.2, 0.25) is 0 Å². The van der Waals surface area contributed by atoms with Gasteiger partial charge in [0.1, 0.15) is 24.7 Å². The van der Waals surface area contributed by atoms with Crippen LogP contribution in [0.15, 0.2) is 10.5 Å². The molecule has 1 N–H and O–H groups in total. The first kappa shape index (κ1) is 12.1. The zero-order chi connectivity index (χ0) is 11.3. The molecule has 1 heterocycles. The quantitative estimate of drug-likeness (QED) is 0.795. The molecule has 0 unspecified atom stereocenters. The summed E-state index contributed by atoms with van der Waals surface area (Å²) in [6, 6.07) is 1.80. The van der Waals surface area contributed by atoms with Crippen molar-refractivity contribution in [3.63, 3.8) is 0 Å².